The summed E-state index contributed by atoms with van der Waals surface area (Å²) in [7, 11) is 0. The predicted molar refractivity (Wildman–Crippen MR) is 95.2 cm³/mol. The molecule has 0 radical (unpaired) electrons. The van der Waals surface area contributed by atoms with E-state index in [0.717, 1.165) is 30.0 Å². The summed E-state index contributed by atoms with van der Waals surface area (Å²) < 4.78 is 13.8. The third-order valence-electron chi connectivity index (χ3n) is 5.20. The summed E-state index contributed by atoms with van der Waals surface area (Å²) in [6, 6.07) is 6.83. The number of aromatic nitrogens is 1. The molecule has 130 valence electrons. The minimum Gasteiger partial charge on any atom is -0.396 e. The molecule has 0 aliphatic heterocycles. The van der Waals surface area contributed by atoms with Gasteiger partial charge >= 0.3 is 0 Å². The van der Waals surface area contributed by atoms with Crippen LogP contribution in [0.15, 0.2) is 30.5 Å². The van der Waals surface area contributed by atoms with Crippen LogP contribution in [0, 0.1) is 17.7 Å². The van der Waals surface area contributed by atoms with E-state index in [9.17, 15) is 9.50 Å². The van der Waals surface area contributed by atoms with E-state index < -0.39 is 0 Å². The van der Waals surface area contributed by atoms with Crippen LogP contribution < -0.4 is 5.32 Å². The van der Waals surface area contributed by atoms with Gasteiger partial charge in [-0.15, -0.1) is 0 Å². The third-order valence-corrected chi connectivity index (χ3v) is 5.20. The highest BCUT2D eigenvalue weighted by molar-refractivity contribution is 5.82. The number of nitrogens with zero attached hydrogens (tertiary/aromatic N) is 1. The fourth-order valence-electron chi connectivity index (χ4n) is 3.87. The lowest BCUT2D eigenvalue weighted by molar-refractivity contribution is 0.182. The van der Waals surface area contributed by atoms with Crippen molar-refractivity contribution in [1.29, 1.82) is 0 Å². The maximum Gasteiger partial charge on any atom is 0.132 e. The zero-order valence-corrected chi connectivity index (χ0v) is 14.2. The smallest absolute Gasteiger partial charge is 0.132 e. The molecule has 0 saturated heterocycles. The molecule has 1 atom stereocenters. The lowest BCUT2D eigenvalue weighted by Gasteiger charge is -2.25. The molecule has 2 N–H and O–H groups in total. The van der Waals surface area contributed by atoms with Gasteiger partial charge in [0.1, 0.15) is 5.82 Å². The second-order valence-corrected chi connectivity index (χ2v) is 7.03. The first kappa shape index (κ1) is 17.3. The number of hydrogen-bond acceptors (Lipinski definition) is 3. The van der Waals surface area contributed by atoms with Crippen molar-refractivity contribution in [3.63, 3.8) is 0 Å². The second-order valence-electron chi connectivity index (χ2n) is 7.03. The first-order valence-corrected chi connectivity index (χ1v) is 9.11. The molecular formula is C20H27FN2O. The number of hydrogen-bond donors (Lipinski definition) is 2. The summed E-state index contributed by atoms with van der Waals surface area (Å²) in [5.74, 6) is 0.839. The van der Waals surface area contributed by atoms with Crippen molar-refractivity contribution >= 4 is 10.9 Å². The Kier molecular flexibility index (Phi) is 6.16. The summed E-state index contributed by atoms with van der Waals surface area (Å²) in [4.78, 5) is 4.32. The second kappa shape index (κ2) is 8.54. The Morgan fingerprint density at radius 3 is 2.83 bits per heavy atom. The standard InChI is InChI=1S/C20H27FN2O/c21-19-9-8-17(20-18(19)7-4-10-23-20)13-22-12-16(14-24)11-15-5-2-1-3-6-15/h4,7-10,15-16,22,24H,1-3,5-6,11-14H2. The number of benzene rings is 1. The number of rotatable bonds is 7. The molecule has 1 heterocycles. The zero-order chi connectivity index (χ0) is 16.8. The number of halogens is 1. The van der Waals surface area contributed by atoms with Crippen molar-refractivity contribution < 1.29 is 9.50 Å². The number of fused-ring (bicyclic) bond motifs is 1. The Bertz CT molecular complexity index is 655. The van der Waals surface area contributed by atoms with E-state index in [-0.39, 0.29) is 12.4 Å². The molecule has 1 aliphatic rings. The molecule has 0 amide bonds. The van der Waals surface area contributed by atoms with Crippen LogP contribution in [-0.2, 0) is 6.54 Å². The number of pyridine rings is 1. The summed E-state index contributed by atoms with van der Waals surface area (Å²) >= 11 is 0. The van der Waals surface area contributed by atoms with Gasteiger partial charge in [-0.25, -0.2) is 4.39 Å². The molecule has 0 bridgehead atoms. The van der Waals surface area contributed by atoms with Gasteiger partial charge in [-0.2, -0.15) is 0 Å². The van der Waals surface area contributed by atoms with Gasteiger partial charge in [-0.3, -0.25) is 4.98 Å². The van der Waals surface area contributed by atoms with E-state index in [1.54, 1.807) is 24.4 Å². The van der Waals surface area contributed by atoms with Crippen LogP contribution in [0.3, 0.4) is 0 Å². The summed E-state index contributed by atoms with van der Waals surface area (Å²) in [6.07, 6.45) is 9.46. The van der Waals surface area contributed by atoms with Crippen molar-refractivity contribution in [3.05, 3.63) is 41.8 Å². The van der Waals surface area contributed by atoms with Crippen LogP contribution in [0.1, 0.15) is 44.1 Å². The van der Waals surface area contributed by atoms with E-state index >= 15 is 0 Å². The Morgan fingerprint density at radius 1 is 1.21 bits per heavy atom. The number of aliphatic hydroxyl groups excluding tert-OH is 1. The topological polar surface area (TPSA) is 45.1 Å². The molecule has 1 fully saturated rings. The minimum absolute atomic E-state index is 0.228. The average molecular weight is 330 g/mol. The molecule has 3 rings (SSSR count). The molecule has 1 unspecified atom stereocenters. The summed E-state index contributed by atoms with van der Waals surface area (Å²) in [6.45, 7) is 1.67. The summed E-state index contributed by atoms with van der Waals surface area (Å²) in [5.41, 5.74) is 1.72. The minimum atomic E-state index is -0.229. The molecule has 24 heavy (non-hydrogen) atoms. The lowest BCUT2D eigenvalue weighted by Crippen LogP contribution is -2.27. The van der Waals surface area contributed by atoms with Gasteiger partial charge in [0.2, 0.25) is 0 Å². The Labute approximate surface area is 143 Å². The van der Waals surface area contributed by atoms with Gasteiger partial charge in [-0.1, -0.05) is 38.2 Å². The van der Waals surface area contributed by atoms with Gasteiger partial charge in [-0.05, 0) is 42.0 Å². The van der Waals surface area contributed by atoms with Gasteiger partial charge in [0.15, 0.2) is 0 Å². The highest BCUT2D eigenvalue weighted by Crippen LogP contribution is 2.29. The van der Waals surface area contributed by atoms with Crippen LogP contribution in [-0.4, -0.2) is 23.2 Å². The Morgan fingerprint density at radius 2 is 2.04 bits per heavy atom. The Hall–Kier alpha value is -1.52. The molecule has 1 aromatic heterocycles. The van der Waals surface area contributed by atoms with E-state index in [1.165, 1.54) is 38.2 Å². The maximum absolute atomic E-state index is 13.8. The lowest BCUT2D eigenvalue weighted by atomic mass is 9.83. The van der Waals surface area contributed by atoms with Crippen LogP contribution in [0.2, 0.25) is 0 Å². The molecule has 2 aromatic rings. The van der Waals surface area contributed by atoms with E-state index in [4.69, 9.17) is 0 Å². The van der Waals surface area contributed by atoms with Crippen molar-refractivity contribution in [3.8, 4) is 0 Å². The quantitative estimate of drug-likeness (QED) is 0.805. The highest BCUT2D eigenvalue weighted by Gasteiger charge is 2.18. The van der Waals surface area contributed by atoms with Gasteiger partial charge in [0.25, 0.3) is 0 Å². The zero-order valence-electron chi connectivity index (χ0n) is 14.2. The number of nitrogens with one attached hydrogen (secondary N) is 1. The van der Waals surface area contributed by atoms with Crippen LogP contribution in [0.25, 0.3) is 10.9 Å². The third kappa shape index (κ3) is 4.31. The Balaban J connectivity index is 1.56. The average Bonchev–Trinajstić information content (AvgIpc) is 2.64. The molecule has 1 saturated carbocycles. The van der Waals surface area contributed by atoms with E-state index in [0.29, 0.717) is 17.8 Å². The largest absolute Gasteiger partial charge is 0.396 e. The number of aliphatic hydroxyl groups is 1. The van der Waals surface area contributed by atoms with E-state index in [2.05, 4.69) is 10.3 Å². The fourth-order valence-corrected chi connectivity index (χ4v) is 3.87. The SMILES string of the molecule is OCC(CNCc1ccc(F)c2cccnc12)CC1CCCCC1. The molecule has 0 spiro atoms. The molecule has 4 heteroatoms. The maximum atomic E-state index is 13.8. The molecular weight excluding hydrogens is 303 g/mol. The summed E-state index contributed by atoms with van der Waals surface area (Å²) in [5, 5.41) is 13.7. The van der Waals surface area contributed by atoms with Crippen LogP contribution in [0.5, 0.6) is 0 Å². The van der Waals surface area contributed by atoms with Crippen molar-refractivity contribution in [1.82, 2.24) is 10.3 Å². The van der Waals surface area contributed by atoms with E-state index in [1.807, 2.05) is 0 Å². The molecule has 3 nitrogen and oxygen atoms in total. The van der Waals surface area contributed by atoms with Crippen LogP contribution in [0.4, 0.5) is 4.39 Å². The van der Waals surface area contributed by atoms with Gasteiger partial charge < -0.3 is 10.4 Å². The first-order chi connectivity index (χ1) is 11.8. The molecule has 1 aromatic carbocycles. The fraction of sp³-hybridized carbons (Fsp3) is 0.550. The van der Waals surface area contributed by atoms with Crippen LogP contribution >= 0.6 is 0 Å². The van der Waals surface area contributed by atoms with Crippen molar-refractivity contribution in [2.24, 2.45) is 11.8 Å². The normalized spacial score (nSPS) is 17.2. The highest BCUT2D eigenvalue weighted by atomic mass is 19.1. The first-order valence-electron chi connectivity index (χ1n) is 9.11. The van der Waals surface area contributed by atoms with Gasteiger partial charge in [0, 0.05) is 31.3 Å². The predicted octanol–water partition coefficient (Wildman–Crippen LogP) is 4.04. The van der Waals surface area contributed by atoms with Gasteiger partial charge in [0.05, 0.1) is 5.52 Å². The van der Waals surface area contributed by atoms with Crippen molar-refractivity contribution in [2.75, 3.05) is 13.2 Å². The molecule has 1 aliphatic carbocycles. The monoisotopic (exact) mass is 330 g/mol. The van der Waals surface area contributed by atoms with Crippen molar-refractivity contribution in [2.45, 2.75) is 45.1 Å².